The lowest BCUT2D eigenvalue weighted by atomic mass is 9.93. The van der Waals surface area contributed by atoms with Gasteiger partial charge in [0, 0.05) is 12.4 Å². The third-order valence-electron chi connectivity index (χ3n) is 2.17. The van der Waals surface area contributed by atoms with Gasteiger partial charge in [-0.15, -0.1) is 0 Å². The zero-order chi connectivity index (χ0) is 10.6. The molecule has 0 radical (unpaired) electrons. The van der Waals surface area contributed by atoms with Crippen LogP contribution in [0, 0.1) is 5.92 Å². The van der Waals surface area contributed by atoms with Crippen LogP contribution < -0.4 is 0 Å². The molecule has 0 N–H and O–H groups in total. The molecule has 14 heavy (non-hydrogen) atoms. The first-order valence-electron chi connectivity index (χ1n) is 4.51. The first-order valence-corrected chi connectivity index (χ1v) is 4.51. The molecule has 1 heterocycles. The van der Waals surface area contributed by atoms with E-state index in [4.69, 9.17) is 0 Å². The Hall–Kier alpha value is -1.51. The summed E-state index contributed by atoms with van der Waals surface area (Å²) in [6.07, 6.45) is 3.80. The lowest BCUT2D eigenvalue weighted by Crippen LogP contribution is -2.21. The summed E-state index contributed by atoms with van der Waals surface area (Å²) in [6.45, 7) is 2.90. The molecule has 74 valence electrons. The van der Waals surface area contributed by atoms with E-state index in [9.17, 15) is 9.59 Å². The Labute approximate surface area is 83.2 Å². The molecule has 0 bridgehead atoms. The highest BCUT2D eigenvalue weighted by Crippen LogP contribution is 2.09. The normalized spacial score (nSPS) is 10.2. The average molecular weight is 191 g/mol. The highest BCUT2D eigenvalue weighted by molar-refractivity contribution is 6.00. The van der Waals surface area contributed by atoms with Gasteiger partial charge in [0.1, 0.15) is 11.6 Å². The first kappa shape index (κ1) is 10.6. The molecule has 3 heteroatoms. The van der Waals surface area contributed by atoms with Crippen LogP contribution in [0.4, 0.5) is 0 Å². The van der Waals surface area contributed by atoms with Gasteiger partial charge < -0.3 is 0 Å². The first-order chi connectivity index (χ1) is 6.61. The van der Waals surface area contributed by atoms with E-state index in [0.717, 1.165) is 5.56 Å². The van der Waals surface area contributed by atoms with Crippen LogP contribution in [0.25, 0.3) is 0 Å². The number of rotatable bonds is 4. The van der Waals surface area contributed by atoms with E-state index in [-0.39, 0.29) is 11.6 Å². The summed E-state index contributed by atoms with van der Waals surface area (Å²) in [5.74, 6) is -0.652. The number of carbonyl (C=O) groups is 2. The minimum absolute atomic E-state index is 0.0747. The number of ketones is 2. The Bertz CT molecular complexity index is 318. The lowest BCUT2D eigenvalue weighted by Gasteiger charge is -2.09. The molecule has 1 aromatic heterocycles. The Morgan fingerprint density at radius 2 is 1.71 bits per heavy atom. The van der Waals surface area contributed by atoms with Crippen LogP contribution >= 0.6 is 0 Å². The lowest BCUT2D eigenvalue weighted by molar-refractivity contribution is -0.130. The smallest absolute Gasteiger partial charge is 0.140 e. The number of hydrogen-bond acceptors (Lipinski definition) is 3. The third-order valence-corrected chi connectivity index (χ3v) is 2.17. The highest BCUT2D eigenvalue weighted by Gasteiger charge is 2.19. The molecule has 0 spiro atoms. The van der Waals surface area contributed by atoms with E-state index in [2.05, 4.69) is 4.98 Å². The Morgan fingerprint density at radius 1 is 1.21 bits per heavy atom. The van der Waals surface area contributed by atoms with Gasteiger partial charge in [-0.25, -0.2) is 0 Å². The number of pyridine rings is 1. The highest BCUT2D eigenvalue weighted by atomic mass is 16.1. The van der Waals surface area contributed by atoms with Gasteiger partial charge in [-0.3, -0.25) is 14.6 Å². The van der Waals surface area contributed by atoms with Gasteiger partial charge >= 0.3 is 0 Å². The van der Waals surface area contributed by atoms with Gasteiger partial charge in [0.25, 0.3) is 0 Å². The molecule has 0 aliphatic carbocycles. The van der Waals surface area contributed by atoms with Crippen molar-refractivity contribution in [3.8, 4) is 0 Å². The Balaban J connectivity index is 2.75. The maximum absolute atomic E-state index is 11.2. The molecule has 0 saturated heterocycles. The Kier molecular flexibility index (Phi) is 3.51. The minimum atomic E-state index is -0.502. The van der Waals surface area contributed by atoms with E-state index in [1.807, 2.05) is 12.1 Å². The van der Waals surface area contributed by atoms with Crippen molar-refractivity contribution < 1.29 is 9.59 Å². The quantitative estimate of drug-likeness (QED) is 0.676. The van der Waals surface area contributed by atoms with Crippen LogP contribution in [0.1, 0.15) is 19.4 Å². The number of nitrogens with zero attached hydrogens (tertiary/aromatic N) is 1. The molecule has 0 saturated carbocycles. The van der Waals surface area contributed by atoms with Crippen molar-refractivity contribution in [3.05, 3.63) is 30.1 Å². The third kappa shape index (κ3) is 2.76. The zero-order valence-corrected chi connectivity index (χ0v) is 8.36. The standard InChI is InChI=1S/C11H13NO2/c1-8(13)11(9(2)14)7-10-3-5-12-6-4-10/h3-6,11H,7H2,1-2H3. The summed E-state index contributed by atoms with van der Waals surface area (Å²) in [7, 11) is 0. The molecule has 0 amide bonds. The van der Waals surface area contributed by atoms with Crippen molar-refractivity contribution in [2.75, 3.05) is 0 Å². The minimum Gasteiger partial charge on any atom is -0.299 e. The van der Waals surface area contributed by atoms with Crippen molar-refractivity contribution >= 4 is 11.6 Å². The molecule has 3 nitrogen and oxygen atoms in total. The van der Waals surface area contributed by atoms with Crippen LogP contribution in [-0.4, -0.2) is 16.6 Å². The predicted octanol–water partition coefficient (Wildman–Crippen LogP) is 1.42. The van der Waals surface area contributed by atoms with E-state index >= 15 is 0 Å². The number of carbonyl (C=O) groups excluding carboxylic acids is 2. The molecule has 0 aliphatic rings. The van der Waals surface area contributed by atoms with Gasteiger partial charge in [-0.05, 0) is 38.0 Å². The summed E-state index contributed by atoms with van der Waals surface area (Å²) in [5.41, 5.74) is 0.968. The fraction of sp³-hybridized carbons (Fsp3) is 0.364. The second-order valence-corrected chi connectivity index (χ2v) is 3.33. The van der Waals surface area contributed by atoms with Gasteiger partial charge in [-0.2, -0.15) is 0 Å². The van der Waals surface area contributed by atoms with Gasteiger partial charge in [0.15, 0.2) is 0 Å². The average Bonchev–Trinajstić information content (AvgIpc) is 2.15. The molecule has 0 aliphatic heterocycles. The molecular weight excluding hydrogens is 178 g/mol. The number of aromatic nitrogens is 1. The summed E-state index contributed by atoms with van der Waals surface area (Å²) in [5, 5.41) is 0. The molecular formula is C11H13NO2. The van der Waals surface area contributed by atoms with E-state index < -0.39 is 5.92 Å². The second-order valence-electron chi connectivity index (χ2n) is 3.33. The van der Waals surface area contributed by atoms with Gasteiger partial charge in [0.05, 0.1) is 5.92 Å². The maximum Gasteiger partial charge on any atom is 0.140 e. The van der Waals surface area contributed by atoms with Gasteiger partial charge in [-0.1, -0.05) is 0 Å². The summed E-state index contributed by atoms with van der Waals surface area (Å²) in [4.78, 5) is 26.2. The van der Waals surface area contributed by atoms with Crippen molar-refractivity contribution in [3.63, 3.8) is 0 Å². The summed E-state index contributed by atoms with van der Waals surface area (Å²) < 4.78 is 0. The van der Waals surface area contributed by atoms with E-state index in [1.165, 1.54) is 13.8 Å². The largest absolute Gasteiger partial charge is 0.299 e. The maximum atomic E-state index is 11.2. The van der Waals surface area contributed by atoms with E-state index in [0.29, 0.717) is 6.42 Å². The molecule has 1 aromatic rings. The zero-order valence-electron chi connectivity index (χ0n) is 8.36. The van der Waals surface area contributed by atoms with Crippen LogP contribution in [0.5, 0.6) is 0 Å². The van der Waals surface area contributed by atoms with Crippen molar-refractivity contribution in [1.82, 2.24) is 4.98 Å². The molecule has 0 fully saturated rings. The van der Waals surface area contributed by atoms with Crippen molar-refractivity contribution in [2.45, 2.75) is 20.3 Å². The number of Topliss-reactive ketones (excluding diaryl/α,β-unsaturated/α-hetero) is 2. The van der Waals surface area contributed by atoms with Gasteiger partial charge in [0.2, 0.25) is 0 Å². The monoisotopic (exact) mass is 191 g/mol. The van der Waals surface area contributed by atoms with Crippen LogP contribution in [0.2, 0.25) is 0 Å². The fourth-order valence-corrected chi connectivity index (χ4v) is 1.33. The summed E-state index contributed by atoms with van der Waals surface area (Å²) >= 11 is 0. The van der Waals surface area contributed by atoms with Crippen LogP contribution in [0.3, 0.4) is 0 Å². The van der Waals surface area contributed by atoms with Crippen molar-refractivity contribution in [2.24, 2.45) is 5.92 Å². The van der Waals surface area contributed by atoms with Crippen molar-refractivity contribution in [1.29, 1.82) is 0 Å². The molecule has 1 rings (SSSR count). The van der Waals surface area contributed by atoms with Crippen LogP contribution in [0.15, 0.2) is 24.5 Å². The fourth-order valence-electron chi connectivity index (χ4n) is 1.33. The Morgan fingerprint density at radius 3 is 2.14 bits per heavy atom. The topological polar surface area (TPSA) is 47.0 Å². The molecule has 0 atom stereocenters. The van der Waals surface area contributed by atoms with Crippen LogP contribution in [-0.2, 0) is 16.0 Å². The van der Waals surface area contributed by atoms with E-state index in [1.54, 1.807) is 12.4 Å². The molecule has 0 unspecified atom stereocenters. The summed E-state index contributed by atoms with van der Waals surface area (Å²) in [6, 6.07) is 3.64. The SMILES string of the molecule is CC(=O)C(Cc1ccncc1)C(C)=O. The predicted molar refractivity (Wildman–Crippen MR) is 52.8 cm³/mol. The number of hydrogen-bond donors (Lipinski definition) is 0. The molecule has 0 aromatic carbocycles. The second kappa shape index (κ2) is 4.65.